The zero-order valence-corrected chi connectivity index (χ0v) is 15.7. The van der Waals surface area contributed by atoms with Crippen molar-refractivity contribution in [3.05, 3.63) is 95.5 Å². The molecule has 0 fully saturated rings. The molecule has 1 amide bonds. The van der Waals surface area contributed by atoms with Crippen LogP contribution in [0.4, 0.5) is 0 Å². The van der Waals surface area contributed by atoms with E-state index in [4.69, 9.17) is 5.10 Å². The number of nitrogens with one attached hydrogen (secondary N) is 1. The van der Waals surface area contributed by atoms with Crippen LogP contribution in [0.5, 0.6) is 0 Å². The molecule has 0 unspecified atom stereocenters. The molecular formula is C22H19N3OS. The molecule has 5 heteroatoms. The topological polar surface area (TPSA) is 46.9 Å². The number of hydrogen-bond donors (Lipinski definition) is 1. The predicted octanol–water partition coefficient (Wildman–Crippen LogP) is 5.09. The van der Waals surface area contributed by atoms with E-state index in [1.54, 1.807) is 16.0 Å². The van der Waals surface area contributed by atoms with Gasteiger partial charge in [-0.05, 0) is 42.1 Å². The van der Waals surface area contributed by atoms with Gasteiger partial charge in [0.15, 0.2) is 0 Å². The van der Waals surface area contributed by atoms with Crippen molar-refractivity contribution in [1.29, 1.82) is 0 Å². The first-order valence-corrected chi connectivity index (χ1v) is 9.65. The van der Waals surface area contributed by atoms with E-state index >= 15 is 0 Å². The van der Waals surface area contributed by atoms with E-state index in [-0.39, 0.29) is 11.9 Å². The van der Waals surface area contributed by atoms with Crippen LogP contribution in [0, 0.1) is 0 Å². The first-order chi connectivity index (χ1) is 13.2. The molecule has 0 aliphatic rings. The Bertz CT molecular complexity index is 1020. The third kappa shape index (κ3) is 3.68. The molecule has 1 N–H and O–H groups in total. The van der Waals surface area contributed by atoms with Gasteiger partial charge < -0.3 is 5.32 Å². The number of thiophene rings is 1. The number of para-hydroxylation sites is 1. The summed E-state index contributed by atoms with van der Waals surface area (Å²) in [6.45, 7) is 1.98. The van der Waals surface area contributed by atoms with Crippen molar-refractivity contribution in [2.45, 2.75) is 13.0 Å². The quantitative estimate of drug-likeness (QED) is 0.529. The maximum absolute atomic E-state index is 13.0. The highest BCUT2D eigenvalue weighted by Gasteiger charge is 2.19. The minimum absolute atomic E-state index is 0.0944. The van der Waals surface area contributed by atoms with E-state index < -0.39 is 0 Å². The van der Waals surface area contributed by atoms with Crippen molar-refractivity contribution in [3.63, 3.8) is 0 Å². The van der Waals surface area contributed by atoms with Gasteiger partial charge in [0.25, 0.3) is 5.91 Å². The summed E-state index contributed by atoms with van der Waals surface area (Å²) in [5, 5.41) is 9.78. The van der Waals surface area contributed by atoms with Crippen LogP contribution in [0.15, 0.2) is 84.2 Å². The van der Waals surface area contributed by atoms with Gasteiger partial charge in [0, 0.05) is 0 Å². The lowest BCUT2D eigenvalue weighted by molar-refractivity contribution is 0.0932. The van der Waals surface area contributed by atoms with Gasteiger partial charge in [0.2, 0.25) is 0 Å². The number of nitrogens with zero attached hydrogens (tertiary/aromatic N) is 2. The summed E-state index contributed by atoms with van der Waals surface area (Å²) in [7, 11) is 0. The molecule has 4 aromatic rings. The lowest BCUT2D eigenvalue weighted by atomic mass is 10.1. The van der Waals surface area contributed by atoms with Gasteiger partial charge in [-0.15, -0.1) is 11.3 Å². The predicted molar refractivity (Wildman–Crippen MR) is 109 cm³/mol. The third-order valence-electron chi connectivity index (χ3n) is 4.36. The highest BCUT2D eigenvalue weighted by molar-refractivity contribution is 7.13. The van der Waals surface area contributed by atoms with E-state index in [2.05, 4.69) is 5.32 Å². The van der Waals surface area contributed by atoms with Crippen LogP contribution in [-0.2, 0) is 0 Å². The van der Waals surface area contributed by atoms with Crippen molar-refractivity contribution in [3.8, 4) is 16.3 Å². The first-order valence-electron chi connectivity index (χ1n) is 8.77. The second kappa shape index (κ2) is 7.60. The summed E-state index contributed by atoms with van der Waals surface area (Å²) < 4.78 is 1.71. The average Bonchev–Trinajstić information content (AvgIpc) is 3.39. The normalized spacial score (nSPS) is 11.9. The molecule has 0 spiro atoms. The highest BCUT2D eigenvalue weighted by Crippen LogP contribution is 2.26. The van der Waals surface area contributed by atoms with Gasteiger partial charge >= 0.3 is 0 Å². The minimum atomic E-state index is -0.148. The van der Waals surface area contributed by atoms with Crippen molar-refractivity contribution in [2.75, 3.05) is 0 Å². The van der Waals surface area contributed by atoms with Crippen molar-refractivity contribution in [1.82, 2.24) is 15.1 Å². The van der Waals surface area contributed by atoms with Gasteiger partial charge in [-0.2, -0.15) is 5.10 Å². The molecule has 0 saturated heterocycles. The Kier molecular flexibility index (Phi) is 4.85. The summed E-state index contributed by atoms with van der Waals surface area (Å²) in [6, 6.07) is 25.4. The van der Waals surface area contributed by atoms with Gasteiger partial charge in [-0.25, -0.2) is 4.68 Å². The van der Waals surface area contributed by atoms with Crippen LogP contribution in [0.2, 0.25) is 0 Å². The number of rotatable bonds is 5. The average molecular weight is 373 g/mol. The van der Waals surface area contributed by atoms with Crippen LogP contribution >= 0.6 is 11.3 Å². The second-order valence-corrected chi connectivity index (χ2v) is 7.19. The molecule has 0 aliphatic heterocycles. The smallest absolute Gasteiger partial charge is 0.270 e. The van der Waals surface area contributed by atoms with Crippen LogP contribution in [0.3, 0.4) is 0 Å². The third-order valence-corrected chi connectivity index (χ3v) is 5.26. The molecule has 2 aromatic carbocycles. The Labute approximate surface area is 162 Å². The molecule has 27 heavy (non-hydrogen) atoms. The summed E-state index contributed by atoms with van der Waals surface area (Å²) >= 11 is 1.61. The van der Waals surface area contributed by atoms with Crippen LogP contribution in [-0.4, -0.2) is 15.7 Å². The molecule has 2 aromatic heterocycles. The first kappa shape index (κ1) is 17.2. The molecule has 134 valence electrons. The molecule has 0 bridgehead atoms. The molecule has 0 radical (unpaired) electrons. The zero-order valence-electron chi connectivity index (χ0n) is 14.9. The van der Waals surface area contributed by atoms with Crippen LogP contribution in [0.1, 0.15) is 29.0 Å². The fourth-order valence-electron chi connectivity index (χ4n) is 2.95. The lowest BCUT2D eigenvalue weighted by Gasteiger charge is -2.15. The van der Waals surface area contributed by atoms with E-state index in [0.29, 0.717) is 5.69 Å². The number of hydrogen-bond acceptors (Lipinski definition) is 3. The molecule has 1 atom stereocenters. The largest absolute Gasteiger partial charge is 0.344 e. The Morgan fingerprint density at radius 3 is 2.37 bits per heavy atom. The zero-order chi connectivity index (χ0) is 18.6. The van der Waals surface area contributed by atoms with Gasteiger partial charge in [-0.3, -0.25) is 4.79 Å². The van der Waals surface area contributed by atoms with E-state index in [0.717, 1.165) is 21.8 Å². The van der Waals surface area contributed by atoms with Crippen molar-refractivity contribution < 1.29 is 4.79 Å². The maximum atomic E-state index is 13.0. The standard InChI is InChI=1S/C22H19N3OS/c1-16(17-9-4-2-5-10-17)23-22(26)20-15-19(21-13-8-14-27-21)24-25(20)18-11-6-3-7-12-18/h2-16H,1H3,(H,23,26)/t16-/m1/s1. The number of carbonyl (C=O) groups excluding carboxylic acids is 1. The summed E-state index contributed by atoms with van der Waals surface area (Å²) in [4.78, 5) is 14.1. The summed E-state index contributed by atoms with van der Waals surface area (Å²) in [5.74, 6) is -0.148. The number of amides is 1. The molecule has 2 heterocycles. The lowest BCUT2D eigenvalue weighted by Crippen LogP contribution is -2.28. The molecule has 0 aliphatic carbocycles. The number of aromatic nitrogens is 2. The summed E-state index contributed by atoms with van der Waals surface area (Å²) in [5.41, 5.74) is 3.24. The molecule has 4 rings (SSSR count). The second-order valence-electron chi connectivity index (χ2n) is 6.25. The van der Waals surface area contributed by atoms with Gasteiger partial charge in [-0.1, -0.05) is 54.6 Å². The Balaban J connectivity index is 1.69. The Morgan fingerprint density at radius 2 is 1.70 bits per heavy atom. The molecule has 0 saturated carbocycles. The van der Waals surface area contributed by atoms with Gasteiger partial charge in [0.1, 0.15) is 11.4 Å². The Morgan fingerprint density at radius 1 is 1.00 bits per heavy atom. The SMILES string of the molecule is C[C@@H](NC(=O)c1cc(-c2cccs2)nn1-c1ccccc1)c1ccccc1. The van der Waals surface area contributed by atoms with Crippen LogP contribution in [0.25, 0.3) is 16.3 Å². The minimum Gasteiger partial charge on any atom is -0.344 e. The van der Waals surface area contributed by atoms with Gasteiger partial charge in [0.05, 0.1) is 16.6 Å². The summed E-state index contributed by atoms with van der Waals surface area (Å²) in [6.07, 6.45) is 0. The maximum Gasteiger partial charge on any atom is 0.270 e. The van der Waals surface area contributed by atoms with E-state index in [9.17, 15) is 4.79 Å². The molecular weight excluding hydrogens is 354 g/mol. The number of benzene rings is 2. The number of carbonyl (C=O) groups is 1. The monoisotopic (exact) mass is 373 g/mol. The van der Waals surface area contributed by atoms with Crippen LogP contribution < -0.4 is 5.32 Å². The highest BCUT2D eigenvalue weighted by atomic mass is 32.1. The fraction of sp³-hybridized carbons (Fsp3) is 0.0909. The van der Waals surface area contributed by atoms with E-state index in [1.807, 2.05) is 91.2 Å². The van der Waals surface area contributed by atoms with Crippen molar-refractivity contribution >= 4 is 17.2 Å². The fourth-order valence-corrected chi connectivity index (χ4v) is 3.63. The molecule has 4 nitrogen and oxygen atoms in total. The van der Waals surface area contributed by atoms with Crippen molar-refractivity contribution in [2.24, 2.45) is 0 Å². The van der Waals surface area contributed by atoms with E-state index in [1.165, 1.54) is 0 Å². The Hall–Kier alpha value is -3.18.